The molecular formula is C20H24N4O3. The Labute approximate surface area is 157 Å². The number of nitrogens with one attached hydrogen (secondary N) is 2. The Hall–Kier alpha value is -2.80. The number of piperazine rings is 1. The molecule has 0 aliphatic carbocycles. The van der Waals surface area contributed by atoms with E-state index in [0.717, 1.165) is 54.8 Å². The molecule has 1 aromatic heterocycles. The van der Waals surface area contributed by atoms with E-state index in [1.165, 1.54) is 0 Å². The third-order valence-corrected chi connectivity index (χ3v) is 5.38. The van der Waals surface area contributed by atoms with E-state index in [9.17, 15) is 9.59 Å². The van der Waals surface area contributed by atoms with Gasteiger partial charge in [0, 0.05) is 49.8 Å². The normalized spacial score (nSPS) is 15.6. The first-order valence-electron chi connectivity index (χ1n) is 9.23. The van der Waals surface area contributed by atoms with E-state index >= 15 is 0 Å². The highest BCUT2D eigenvalue weighted by atomic mass is 16.5. The van der Waals surface area contributed by atoms with Crippen molar-refractivity contribution >= 4 is 22.3 Å². The van der Waals surface area contributed by atoms with Crippen LogP contribution in [0.25, 0.3) is 10.9 Å². The Balaban J connectivity index is 1.45. The molecule has 0 unspecified atom stereocenters. The quantitative estimate of drug-likeness (QED) is 0.636. The van der Waals surface area contributed by atoms with Crippen LogP contribution in [0, 0.1) is 0 Å². The molecule has 2 aromatic carbocycles. The maximum Gasteiger partial charge on any atom is 0.253 e. The lowest BCUT2D eigenvalue weighted by atomic mass is 10.1. The summed E-state index contributed by atoms with van der Waals surface area (Å²) in [5.41, 5.74) is 2.48. The molecule has 27 heavy (non-hydrogen) atoms. The van der Waals surface area contributed by atoms with Gasteiger partial charge in [-0.15, -0.1) is 0 Å². The number of fused-ring (bicyclic) bond motifs is 1. The highest BCUT2D eigenvalue weighted by Crippen LogP contribution is 2.25. The van der Waals surface area contributed by atoms with E-state index in [1.807, 2.05) is 29.3 Å². The van der Waals surface area contributed by atoms with Crippen molar-refractivity contribution in [3.05, 3.63) is 50.4 Å². The zero-order chi connectivity index (χ0) is 19.0. The lowest BCUT2D eigenvalue weighted by Crippen LogP contribution is -2.50. The van der Waals surface area contributed by atoms with Crippen molar-refractivity contribution in [2.45, 2.75) is 6.42 Å². The van der Waals surface area contributed by atoms with Crippen LogP contribution in [0.4, 0.5) is 11.4 Å². The summed E-state index contributed by atoms with van der Waals surface area (Å²) in [7, 11) is 3.72. The molecule has 142 valence electrons. The Morgan fingerprint density at radius 2 is 1.93 bits per heavy atom. The lowest BCUT2D eigenvalue weighted by Gasteiger charge is -2.35. The molecule has 0 atom stereocenters. The summed E-state index contributed by atoms with van der Waals surface area (Å²) in [6.45, 7) is 3.94. The molecule has 2 heterocycles. The number of likely N-dealkylation sites (N-methyl/N-ethyl adjacent to an activating group) is 1. The van der Waals surface area contributed by atoms with Crippen molar-refractivity contribution in [2.75, 3.05) is 57.1 Å². The molecule has 2 N–H and O–H groups in total. The number of benzene rings is 1. The van der Waals surface area contributed by atoms with Crippen molar-refractivity contribution in [1.29, 1.82) is 0 Å². The van der Waals surface area contributed by atoms with Gasteiger partial charge in [-0.3, -0.25) is 9.59 Å². The molecular weight excluding hydrogens is 344 g/mol. The Morgan fingerprint density at radius 3 is 2.67 bits per heavy atom. The van der Waals surface area contributed by atoms with Gasteiger partial charge in [0.1, 0.15) is 17.1 Å². The average molecular weight is 368 g/mol. The van der Waals surface area contributed by atoms with Crippen molar-refractivity contribution in [3.8, 4) is 5.75 Å². The van der Waals surface area contributed by atoms with Gasteiger partial charge in [0.05, 0.1) is 7.11 Å². The highest BCUT2D eigenvalue weighted by molar-refractivity contribution is 5.84. The molecule has 0 saturated carbocycles. The molecule has 1 fully saturated rings. The van der Waals surface area contributed by atoms with Crippen LogP contribution in [0.5, 0.6) is 5.75 Å². The second kappa shape index (κ2) is 7.08. The minimum absolute atomic E-state index is 0.362. The van der Waals surface area contributed by atoms with Gasteiger partial charge in [-0.1, -0.05) is 0 Å². The Kier molecular flexibility index (Phi) is 4.61. The van der Waals surface area contributed by atoms with Crippen LogP contribution in [0.3, 0.4) is 0 Å². The fourth-order valence-electron chi connectivity index (χ4n) is 3.69. The molecule has 0 radical (unpaired) electrons. The molecule has 1 aliphatic rings. The minimum atomic E-state index is -0.399. The van der Waals surface area contributed by atoms with Gasteiger partial charge in [-0.25, -0.2) is 0 Å². The maximum absolute atomic E-state index is 12.1. The summed E-state index contributed by atoms with van der Waals surface area (Å²) in [5, 5.41) is 4.31. The minimum Gasteiger partial charge on any atom is -0.497 e. The first kappa shape index (κ1) is 17.6. The highest BCUT2D eigenvalue weighted by Gasteiger charge is 2.27. The molecule has 0 spiro atoms. The number of hydrogen-bond donors (Lipinski definition) is 2. The van der Waals surface area contributed by atoms with Crippen molar-refractivity contribution in [2.24, 2.45) is 0 Å². The molecule has 0 bridgehead atoms. The average Bonchev–Trinajstić information content (AvgIpc) is 3.10. The van der Waals surface area contributed by atoms with E-state index in [2.05, 4.69) is 22.2 Å². The summed E-state index contributed by atoms with van der Waals surface area (Å²) in [6, 6.07) is 5.92. The smallest absolute Gasteiger partial charge is 0.253 e. The topological polar surface area (TPSA) is 77.7 Å². The van der Waals surface area contributed by atoms with Gasteiger partial charge < -0.3 is 24.8 Å². The van der Waals surface area contributed by atoms with Gasteiger partial charge in [-0.05, 0) is 37.2 Å². The summed E-state index contributed by atoms with van der Waals surface area (Å²) < 4.78 is 5.30. The molecule has 7 nitrogen and oxygen atoms in total. The maximum atomic E-state index is 12.1. The van der Waals surface area contributed by atoms with Crippen LogP contribution in [-0.4, -0.2) is 56.8 Å². The van der Waals surface area contributed by atoms with Gasteiger partial charge in [0.2, 0.25) is 0 Å². The molecule has 1 aliphatic heterocycles. The second-order valence-corrected chi connectivity index (χ2v) is 7.07. The first-order chi connectivity index (χ1) is 13.1. The van der Waals surface area contributed by atoms with Crippen molar-refractivity contribution < 1.29 is 4.74 Å². The summed E-state index contributed by atoms with van der Waals surface area (Å²) in [4.78, 5) is 31.6. The molecule has 4 rings (SSSR count). The number of ether oxygens (including phenoxy) is 1. The summed E-state index contributed by atoms with van der Waals surface area (Å²) in [5.74, 6) is 0.816. The summed E-state index contributed by atoms with van der Waals surface area (Å²) >= 11 is 0. The number of methoxy groups -OCH3 is 1. The molecule has 1 saturated heterocycles. The number of aromatic amines is 1. The van der Waals surface area contributed by atoms with E-state index < -0.39 is 5.43 Å². The van der Waals surface area contributed by atoms with E-state index in [-0.39, 0.29) is 5.43 Å². The van der Waals surface area contributed by atoms with Crippen molar-refractivity contribution in [1.82, 2.24) is 9.88 Å². The van der Waals surface area contributed by atoms with Crippen LogP contribution >= 0.6 is 0 Å². The lowest BCUT2D eigenvalue weighted by molar-refractivity contribution is 0.312. The van der Waals surface area contributed by atoms with Gasteiger partial charge in [0.25, 0.3) is 10.9 Å². The van der Waals surface area contributed by atoms with Crippen LogP contribution in [-0.2, 0) is 6.42 Å². The Morgan fingerprint density at radius 1 is 1.15 bits per heavy atom. The van der Waals surface area contributed by atoms with E-state index in [1.54, 1.807) is 7.11 Å². The monoisotopic (exact) mass is 368 g/mol. The number of nitrogens with zero attached hydrogens (tertiary/aromatic N) is 2. The third-order valence-electron chi connectivity index (χ3n) is 5.38. The number of rotatable bonds is 6. The van der Waals surface area contributed by atoms with Crippen LogP contribution < -0.4 is 25.8 Å². The fourth-order valence-corrected chi connectivity index (χ4v) is 3.69. The number of hydrogen-bond acceptors (Lipinski definition) is 6. The molecule has 3 aromatic rings. The molecule has 7 heteroatoms. The van der Waals surface area contributed by atoms with Crippen molar-refractivity contribution in [3.63, 3.8) is 0 Å². The fraction of sp³-hybridized carbons (Fsp3) is 0.400. The SMILES string of the molecule is COc1ccc2[nH]cc(CCNc3c(N4CCN(C)CC4)c(=O)c3=O)c2c1. The van der Waals surface area contributed by atoms with E-state index in [4.69, 9.17) is 4.74 Å². The first-order valence-corrected chi connectivity index (χ1v) is 9.23. The van der Waals surface area contributed by atoms with Crippen LogP contribution in [0.2, 0.25) is 0 Å². The zero-order valence-electron chi connectivity index (χ0n) is 15.7. The van der Waals surface area contributed by atoms with E-state index in [0.29, 0.717) is 17.9 Å². The Bertz CT molecular complexity index is 1020. The van der Waals surface area contributed by atoms with Crippen LogP contribution in [0.1, 0.15) is 5.56 Å². The van der Waals surface area contributed by atoms with Gasteiger partial charge in [0.15, 0.2) is 0 Å². The number of anilines is 2. The number of H-pyrrole nitrogens is 1. The predicted molar refractivity (Wildman–Crippen MR) is 108 cm³/mol. The zero-order valence-corrected chi connectivity index (χ0v) is 15.7. The van der Waals surface area contributed by atoms with Gasteiger partial charge in [-0.2, -0.15) is 0 Å². The van der Waals surface area contributed by atoms with Gasteiger partial charge >= 0.3 is 0 Å². The third kappa shape index (κ3) is 3.19. The summed E-state index contributed by atoms with van der Waals surface area (Å²) in [6.07, 6.45) is 2.73. The van der Waals surface area contributed by atoms with Crippen LogP contribution in [0.15, 0.2) is 34.0 Å². The predicted octanol–water partition coefficient (Wildman–Crippen LogP) is 1.18. The molecule has 0 amide bonds. The largest absolute Gasteiger partial charge is 0.497 e. The number of aromatic nitrogens is 1. The standard InChI is InChI=1S/C20H24N4O3/c1-23-7-9-24(10-8-23)18-17(19(25)20(18)26)21-6-5-13-12-22-16-4-3-14(27-2)11-15(13)16/h3-4,11-12,21-22H,5-10H2,1-2H3. The second-order valence-electron chi connectivity index (χ2n) is 7.07.